The maximum absolute atomic E-state index is 12.6. The lowest BCUT2D eigenvalue weighted by Gasteiger charge is -2.26. The predicted molar refractivity (Wildman–Crippen MR) is 108 cm³/mol. The summed E-state index contributed by atoms with van der Waals surface area (Å²) in [5.41, 5.74) is 3.55. The van der Waals surface area contributed by atoms with Crippen LogP contribution in [0.15, 0.2) is 36.4 Å². The van der Waals surface area contributed by atoms with Crippen molar-refractivity contribution in [3.8, 4) is 0 Å². The molecule has 0 fully saturated rings. The largest absolute Gasteiger partial charge is 0.324 e. The number of halogens is 1. The van der Waals surface area contributed by atoms with Gasteiger partial charge in [-0.15, -0.1) is 0 Å². The molecule has 2 rings (SSSR count). The minimum Gasteiger partial charge on any atom is -0.324 e. The zero-order valence-electron chi connectivity index (χ0n) is 15.3. The van der Waals surface area contributed by atoms with E-state index in [0.717, 1.165) is 27.3 Å². The van der Waals surface area contributed by atoms with Crippen molar-refractivity contribution in [2.24, 2.45) is 0 Å². The molecule has 0 bridgehead atoms. The lowest BCUT2D eigenvalue weighted by molar-refractivity contribution is -0.114. The molecule has 0 saturated heterocycles. The first-order valence-electron chi connectivity index (χ1n) is 8.26. The molecule has 0 aliphatic heterocycles. The van der Waals surface area contributed by atoms with Crippen LogP contribution in [0.1, 0.15) is 23.6 Å². The Balaban J connectivity index is 2.36. The molecule has 0 saturated carbocycles. The molecule has 26 heavy (non-hydrogen) atoms. The minimum atomic E-state index is -3.63. The van der Waals surface area contributed by atoms with Crippen LogP contribution in [0.5, 0.6) is 0 Å². The van der Waals surface area contributed by atoms with Gasteiger partial charge < -0.3 is 5.32 Å². The molecule has 0 heterocycles. The van der Waals surface area contributed by atoms with Gasteiger partial charge in [-0.1, -0.05) is 42.8 Å². The van der Waals surface area contributed by atoms with E-state index in [2.05, 4.69) is 5.32 Å². The fourth-order valence-corrected chi connectivity index (χ4v) is 3.91. The molecule has 1 amide bonds. The Morgan fingerprint density at radius 3 is 2.42 bits per heavy atom. The van der Waals surface area contributed by atoms with Crippen molar-refractivity contribution in [1.82, 2.24) is 0 Å². The van der Waals surface area contributed by atoms with Gasteiger partial charge in [-0.25, -0.2) is 8.42 Å². The van der Waals surface area contributed by atoms with Gasteiger partial charge in [-0.3, -0.25) is 9.10 Å². The molecule has 0 aromatic heterocycles. The number of amides is 1. The average Bonchev–Trinajstić information content (AvgIpc) is 2.56. The van der Waals surface area contributed by atoms with E-state index in [1.165, 1.54) is 0 Å². The summed E-state index contributed by atoms with van der Waals surface area (Å²) in [4.78, 5) is 12.6. The molecule has 7 heteroatoms. The third-order valence-corrected chi connectivity index (χ3v) is 5.70. The van der Waals surface area contributed by atoms with Crippen molar-refractivity contribution < 1.29 is 13.2 Å². The van der Waals surface area contributed by atoms with E-state index in [9.17, 15) is 13.2 Å². The molecule has 0 atom stereocenters. The third kappa shape index (κ3) is 4.56. The van der Waals surface area contributed by atoms with Gasteiger partial charge in [0.25, 0.3) is 0 Å². The Labute approximate surface area is 160 Å². The summed E-state index contributed by atoms with van der Waals surface area (Å²) in [5.74, 6) is -0.425. The first-order valence-corrected chi connectivity index (χ1v) is 10.5. The molecule has 5 nitrogen and oxygen atoms in total. The second-order valence-corrected chi connectivity index (χ2v) is 8.48. The Bertz CT molecular complexity index is 926. The lowest BCUT2D eigenvalue weighted by Crippen LogP contribution is -2.38. The molecule has 140 valence electrons. The van der Waals surface area contributed by atoms with E-state index < -0.39 is 15.9 Å². The number of carbonyl (C=O) groups excluding carboxylic acids is 1. The molecule has 0 unspecified atom stereocenters. The summed E-state index contributed by atoms with van der Waals surface area (Å²) < 4.78 is 25.9. The molecular formula is C19H23ClN2O3S. The molecule has 0 radical (unpaired) electrons. The van der Waals surface area contributed by atoms with Crippen molar-refractivity contribution in [3.05, 3.63) is 58.1 Å². The van der Waals surface area contributed by atoms with Gasteiger partial charge in [0.2, 0.25) is 15.9 Å². The quantitative estimate of drug-likeness (QED) is 0.807. The Morgan fingerprint density at radius 2 is 1.81 bits per heavy atom. The van der Waals surface area contributed by atoms with E-state index in [1.807, 2.05) is 32.0 Å². The molecular weight excluding hydrogens is 372 g/mol. The molecule has 0 spiro atoms. The van der Waals surface area contributed by atoms with Crippen LogP contribution in [0.3, 0.4) is 0 Å². The normalized spacial score (nSPS) is 11.3. The van der Waals surface area contributed by atoms with Crippen LogP contribution in [-0.2, 0) is 21.2 Å². The smallest absolute Gasteiger partial charge is 0.245 e. The van der Waals surface area contributed by atoms with E-state index >= 15 is 0 Å². The van der Waals surface area contributed by atoms with Crippen molar-refractivity contribution in [2.45, 2.75) is 27.2 Å². The van der Waals surface area contributed by atoms with Crippen molar-refractivity contribution >= 4 is 38.9 Å². The van der Waals surface area contributed by atoms with Crippen molar-refractivity contribution in [2.75, 3.05) is 22.4 Å². The van der Waals surface area contributed by atoms with Gasteiger partial charge in [0.05, 0.1) is 11.9 Å². The van der Waals surface area contributed by atoms with Gasteiger partial charge >= 0.3 is 0 Å². The zero-order chi connectivity index (χ0) is 19.5. The average molecular weight is 395 g/mol. The van der Waals surface area contributed by atoms with E-state index in [4.69, 9.17) is 11.6 Å². The highest BCUT2D eigenvalue weighted by Crippen LogP contribution is 2.28. The van der Waals surface area contributed by atoms with Gasteiger partial charge in [0.15, 0.2) is 0 Å². The summed E-state index contributed by atoms with van der Waals surface area (Å²) >= 11 is 6.07. The molecule has 0 aliphatic rings. The highest BCUT2D eigenvalue weighted by Gasteiger charge is 2.24. The number of hydrogen-bond acceptors (Lipinski definition) is 3. The number of rotatable bonds is 6. The third-order valence-electron chi connectivity index (χ3n) is 4.18. The van der Waals surface area contributed by atoms with E-state index in [-0.39, 0.29) is 6.54 Å². The number of sulfonamides is 1. The van der Waals surface area contributed by atoms with Crippen LogP contribution in [0.4, 0.5) is 11.4 Å². The highest BCUT2D eigenvalue weighted by molar-refractivity contribution is 7.92. The fourth-order valence-electron chi connectivity index (χ4n) is 2.79. The number of aryl methyl sites for hydroxylation is 2. The fraction of sp³-hybridized carbons (Fsp3) is 0.316. The Morgan fingerprint density at radius 1 is 1.15 bits per heavy atom. The molecule has 2 aromatic rings. The van der Waals surface area contributed by atoms with E-state index in [1.54, 1.807) is 25.1 Å². The van der Waals surface area contributed by atoms with Crippen molar-refractivity contribution in [1.29, 1.82) is 0 Å². The second-order valence-electron chi connectivity index (χ2n) is 6.17. The number of nitrogens with zero attached hydrogens (tertiary/aromatic N) is 1. The number of benzene rings is 2. The number of anilines is 2. The lowest BCUT2D eigenvalue weighted by atomic mass is 10.1. The van der Waals surface area contributed by atoms with Crippen molar-refractivity contribution in [3.63, 3.8) is 0 Å². The van der Waals surface area contributed by atoms with Crippen LogP contribution in [0.25, 0.3) is 0 Å². The van der Waals surface area contributed by atoms with Crippen LogP contribution in [0.2, 0.25) is 5.02 Å². The predicted octanol–water partition coefficient (Wildman–Crippen LogP) is 3.92. The van der Waals surface area contributed by atoms with Crippen LogP contribution < -0.4 is 9.62 Å². The first-order chi connectivity index (χ1) is 12.1. The number of nitrogens with one attached hydrogen (secondary N) is 1. The first kappa shape index (κ1) is 20.3. The summed E-state index contributed by atoms with van der Waals surface area (Å²) in [6.45, 7) is 5.28. The maximum Gasteiger partial charge on any atom is 0.245 e. The number of carbonyl (C=O) groups is 1. The van der Waals surface area contributed by atoms with Gasteiger partial charge in [0.1, 0.15) is 6.54 Å². The van der Waals surface area contributed by atoms with E-state index in [0.29, 0.717) is 22.8 Å². The van der Waals surface area contributed by atoms with Gasteiger partial charge in [0, 0.05) is 10.7 Å². The summed E-state index contributed by atoms with van der Waals surface area (Å²) in [6, 6.07) is 10.8. The zero-order valence-corrected chi connectivity index (χ0v) is 16.9. The minimum absolute atomic E-state index is 0.303. The topological polar surface area (TPSA) is 66.5 Å². The summed E-state index contributed by atoms with van der Waals surface area (Å²) in [7, 11) is -3.63. The summed E-state index contributed by atoms with van der Waals surface area (Å²) in [6.07, 6.45) is 1.77. The summed E-state index contributed by atoms with van der Waals surface area (Å²) in [5, 5.41) is 3.29. The SMILES string of the molecule is CCc1cccc(C)c1N(CC(=O)Nc1cccc(Cl)c1C)S(C)(=O)=O. The molecule has 2 aromatic carbocycles. The van der Waals surface area contributed by atoms with Gasteiger partial charge in [-0.2, -0.15) is 0 Å². The van der Waals surface area contributed by atoms with Crippen LogP contribution in [-0.4, -0.2) is 27.1 Å². The number of para-hydroxylation sites is 1. The monoisotopic (exact) mass is 394 g/mol. The van der Waals surface area contributed by atoms with Gasteiger partial charge in [-0.05, 0) is 49.1 Å². The Hall–Kier alpha value is -2.05. The molecule has 1 N–H and O–H groups in total. The van der Waals surface area contributed by atoms with Crippen LogP contribution >= 0.6 is 11.6 Å². The highest BCUT2D eigenvalue weighted by atomic mass is 35.5. The molecule has 0 aliphatic carbocycles. The second kappa shape index (κ2) is 8.10. The Kier molecular flexibility index (Phi) is 6.31. The maximum atomic E-state index is 12.6. The van der Waals surface area contributed by atoms with Crippen LogP contribution in [0, 0.1) is 13.8 Å². The standard InChI is InChI=1S/C19H23ClN2O3S/c1-5-15-9-6-8-13(2)19(15)22(26(4,24)25)12-18(23)21-17-11-7-10-16(20)14(17)3/h6-11H,5,12H2,1-4H3,(H,21,23). The number of hydrogen-bond donors (Lipinski definition) is 1.